The Morgan fingerprint density at radius 1 is 1.00 bits per heavy atom. The van der Waals surface area contributed by atoms with Gasteiger partial charge in [-0.3, -0.25) is 4.90 Å². The zero-order valence-corrected chi connectivity index (χ0v) is 15.5. The molecule has 0 aliphatic carbocycles. The molecule has 0 saturated heterocycles. The van der Waals surface area contributed by atoms with Crippen LogP contribution in [0, 0.1) is 11.3 Å². The van der Waals surface area contributed by atoms with E-state index in [1.807, 2.05) is 55.4 Å². The van der Waals surface area contributed by atoms with Crippen molar-refractivity contribution in [2.75, 3.05) is 28.3 Å². The molecule has 0 radical (unpaired) electrons. The minimum Gasteiger partial charge on any atom is -0.493 e. The van der Waals surface area contributed by atoms with Crippen LogP contribution in [-0.4, -0.2) is 33.2 Å². The van der Waals surface area contributed by atoms with Gasteiger partial charge >= 0.3 is 0 Å². The molecule has 2 rings (SSSR count). The molecule has 0 amide bonds. The van der Waals surface area contributed by atoms with Crippen LogP contribution in [0.4, 0.5) is 0 Å². The van der Waals surface area contributed by atoms with E-state index in [1.165, 1.54) is 5.56 Å². The molecule has 2 aromatic rings. The summed E-state index contributed by atoms with van der Waals surface area (Å²) in [5.41, 5.74) is 1.51. The van der Waals surface area contributed by atoms with Crippen molar-refractivity contribution in [3.63, 3.8) is 0 Å². The Morgan fingerprint density at radius 3 is 2.24 bits per heavy atom. The average Bonchev–Trinajstić information content (AvgIpc) is 2.65. The van der Waals surface area contributed by atoms with Crippen molar-refractivity contribution in [2.45, 2.75) is 24.8 Å². The summed E-state index contributed by atoms with van der Waals surface area (Å²) in [7, 11) is 7.12. The number of nitriles is 1. The molecule has 132 valence electrons. The van der Waals surface area contributed by atoms with Crippen molar-refractivity contribution in [1.82, 2.24) is 4.90 Å². The molecular weight excluding hydrogens is 312 g/mol. The van der Waals surface area contributed by atoms with Gasteiger partial charge in [-0.25, -0.2) is 0 Å². The summed E-state index contributed by atoms with van der Waals surface area (Å²) in [6.07, 6.45) is 2.61. The maximum Gasteiger partial charge on any atom is 0.161 e. The van der Waals surface area contributed by atoms with Crippen LogP contribution < -0.4 is 9.47 Å². The molecule has 1 atom stereocenters. The van der Waals surface area contributed by atoms with Crippen LogP contribution in [-0.2, 0) is 12.0 Å². The number of benzene rings is 2. The van der Waals surface area contributed by atoms with E-state index in [9.17, 15) is 5.26 Å². The van der Waals surface area contributed by atoms with E-state index in [2.05, 4.69) is 18.2 Å². The number of ether oxygens (including phenoxy) is 2. The van der Waals surface area contributed by atoms with E-state index in [0.717, 1.165) is 24.8 Å². The molecule has 0 bridgehead atoms. The predicted octanol–water partition coefficient (Wildman–Crippen LogP) is 4.01. The van der Waals surface area contributed by atoms with Gasteiger partial charge in [0.15, 0.2) is 11.5 Å². The van der Waals surface area contributed by atoms with Gasteiger partial charge in [0.25, 0.3) is 0 Å². The van der Waals surface area contributed by atoms with Crippen LogP contribution in [0.3, 0.4) is 0 Å². The lowest BCUT2D eigenvalue weighted by Crippen LogP contribution is -2.40. The lowest BCUT2D eigenvalue weighted by Gasteiger charge is -2.34. The first kappa shape index (κ1) is 18.8. The van der Waals surface area contributed by atoms with Crippen LogP contribution in [0.1, 0.15) is 24.0 Å². The molecule has 4 heteroatoms. The molecule has 0 heterocycles. The van der Waals surface area contributed by atoms with E-state index < -0.39 is 5.54 Å². The second kappa shape index (κ2) is 8.55. The molecule has 4 nitrogen and oxygen atoms in total. The van der Waals surface area contributed by atoms with E-state index in [0.29, 0.717) is 11.5 Å². The minimum absolute atomic E-state index is 0.643. The van der Waals surface area contributed by atoms with Crippen molar-refractivity contribution in [2.24, 2.45) is 0 Å². The third kappa shape index (κ3) is 4.12. The lowest BCUT2D eigenvalue weighted by molar-refractivity contribution is 0.199. The zero-order chi connectivity index (χ0) is 18.3. The molecule has 0 N–H and O–H groups in total. The van der Waals surface area contributed by atoms with Crippen LogP contribution >= 0.6 is 0 Å². The number of hydrogen-bond acceptors (Lipinski definition) is 4. The highest BCUT2D eigenvalue weighted by Crippen LogP contribution is 2.37. The van der Waals surface area contributed by atoms with Crippen molar-refractivity contribution in [1.29, 1.82) is 5.26 Å². The zero-order valence-electron chi connectivity index (χ0n) is 15.5. The van der Waals surface area contributed by atoms with Gasteiger partial charge in [-0.15, -0.1) is 0 Å². The molecule has 2 aromatic carbocycles. The maximum absolute atomic E-state index is 10.0. The summed E-state index contributed by atoms with van der Waals surface area (Å²) < 4.78 is 10.7. The first-order chi connectivity index (χ1) is 12.1. The summed E-state index contributed by atoms with van der Waals surface area (Å²) in [5.74, 6) is 1.31. The van der Waals surface area contributed by atoms with Gasteiger partial charge in [-0.1, -0.05) is 36.4 Å². The normalized spacial score (nSPS) is 13.1. The highest BCUT2D eigenvalue weighted by Gasteiger charge is 2.35. The molecule has 0 saturated carbocycles. The lowest BCUT2D eigenvalue weighted by atomic mass is 9.84. The summed E-state index contributed by atoms with van der Waals surface area (Å²) in [6.45, 7) is 0. The first-order valence-corrected chi connectivity index (χ1v) is 8.42. The molecular formula is C21H26N2O2. The monoisotopic (exact) mass is 338 g/mol. The van der Waals surface area contributed by atoms with Crippen LogP contribution in [0.15, 0.2) is 48.5 Å². The third-order valence-electron chi connectivity index (χ3n) is 4.66. The molecule has 0 spiro atoms. The van der Waals surface area contributed by atoms with Crippen molar-refractivity contribution < 1.29 is 9.47 Å². The standard InChI is InChI=1S/C21H26N2O2/c1-23(2)21(16-22,14-8-11-17-9-6-5-7-10-17)18-12-13-19(24-3)20(15-18)25-4/h5-7,9-10,12-13,15H,8,11,14H2,1-4H3. The second-order valence-corrected chi connectivity index (χ2v) is 6.28. The Morgan fingerprint density at radius 2 is 1.68 bits per heavy atom. The number of aryl methyl sites for hydroxylation is 1. The van der Waals surface area contributed by atoms with E-state index >= 15 is 0 Å². The van der Waals surface area contributed by atoms with Gasteiger partial charge in [0, 0.05) is 0 Å². The molecule has 1 unspecified atom stereocenters. The molecule has 0 aliphatic rings. The smallest absolute Gasteiger partial charge is 0.161 e. The number of methoxy groups -OCH3 is 2. The van der Waals surface area contributed by atoms with E-state index in [1.54, 1.807) is 14.2 Å². The van der Waals surface area contributed by atoms with Gasteiger partial charge in [0.1, 0.15) is 5.54 Å². The van der Waals surface area contributed by atoms with Crippen molar-refractivity contribution >= 4 is 0 Å². The maximum atomic E-state index is 10.0. The Bertz CT molecular complexity index is 722. The predicted molar refractivity (Wildman–Crippen MR) is 99.9 cm³/mol. The number of nitrogens with zero attached hydrogens (tertiary/aromatic N) is 2. The fourth-order valence-corrected chi connectivity index (χ4v) is 3.13. The minimum atomic E-state index is -0.700. The molecule has 0 aliphatic heterocycles. The summed E-state index contributed by atoms with van der Waals surface area (Å²) in [5, 5.41) is 10.0. The van der Waals surface area contributed by atoms with E-state index in [-0.39, 0.29) is 0 Å². The second-order valence-electron chi connectivity index (χ2n) is 6.28. The molecule has 0 aromatic heterocycles. The van der Waals surface area contributed by atoms with E-state index in [4.69, 9.17) is 9.47 Å². The topological polar surface area (TPSA) is 45.5 Å². The first-order valence-electron chi connectivity index (χ1n) is 8.42. The van der Waals surface area contributed by atoms with Crippen LogP contribution in [0.5, 0.6) is 11.5 Å². The van der Waals surface area contributed by atoms with Gasteiger partial charge in [0.05, 0.1) is 20.3 Å². The molecule has 25 heavy (non-hydrogen) atoms. The van der Waals surface area contributed by atoms with Gasteiger partial charge in [-0.05, 0) is 56.6 Å². The summed E-state index contributed by atoms with van der Waals surface area (Å²) >= 11 is 0. The number of hydrogen-bond donors (Lipinski definition) is 0. The Balaban J connectivity index is 2.27. The van der Waals surface area contributed by atoms with Gasteiger partial charge < -0.3 is 9.47 Å². The van der Waals surface area contributed by atoms with Gasteiger partial charge in [-0.2, -0.15) is 5.26 Å². The summed E-state index contributed by atoms with van der Waals surface area (Å²) in [4.78, 5) is 1.99. The fraction of sp³-hybridized carbons (Fsp3) is 0.381. The van der Waals surface area contributed by atoms with Crippen LogP contribution in [0.2, 0.25) is 0 Å². The van der Waals surface area contributed by atoms with Gasteiger partial charge in [0.2, 0.25) is 0 Å². The Labute approximate surface area is 150 Å². The van der Waals surface area contributed by atoms with Crippen LogP contribution in [0.25, 0.3) is 0 Å². The largest absolute Gasteiger partial charge is 0.493 e. The average molecular weight is 338 g/mol. The SMILES string of the molecule is COc1ccc(C(C#N)(CCCc2ccccc2)N(C)C)cc1OC. The quantitative estimate of drug-likeness (QED) is 0.729. The molecule has 0 fully saturated rings. The Kier molecular flexibility index (Phi) is 6.44. The highest BCUT2D eigenvalue weighted by atomic mass is 16.5. The van der Waals surface area contributed by atoms with Crippen molar-refractivity contribution in [3.05, 3.63) is 59.7 Å². The highest BCUT2D eigenvalue weighted by molar-refractivity contribution is 5.46. The number of rotatable bonds is 8. The van der Waals surface area contributed by atoms with Crippen molar-refractivity contribution in [3.8, 4) is 17.6 Å². The Hall–Kier alpha value is -2.51. The third-order valence-corrected chi connectivity index (χ3v) is 4.66. The fourth-order valence-electron chi connectivity index (χ4n) is 3.13. The summed E-state index contributed by atoms with van der Waals surface area (Å²) in [6, 6.07) is 18.6.